The van der Waals surface area contributed by atoms with Gasteiger partial charge < -0.3 is 5.32 Å². The summed E-state index contributed by atoms with van der Waals surface area (Å²) in [5, 5.41) is 3.02. The van der Waals surface area contributed by atoms with Crippen molar-refractivity contribution < 1.29 is 14.4 Å². The van der Waals surface area contributed by atoms with E-state index in [9.17, 15) is 14.4 Å². The average molecular weight is 306 g/mol. The first-order valence-corrected chi connectivity index (χ1v) is 8.28. The van der Waals surface area contributed by atoms with Gasteiger partial charge in [0.15, 0.2) is 0 Å². The molecule has 5 heteroatoms. The summed E-state index contributed by atoms with van der Waals surface area (Å²) in [6, 6.07) is 0. The number of rotatable bonds is 6. The summed E-state index contributed by atoms with van der Waals surface area (Å²) in [7, 11) is 0. The molecule has 1 fully saturated rings. The fourth-order valence-electron chi connectivity index (χ4n) is 3.10. The number of carbonyl (C=O) groups excluding carboxylic acids is 3. The predicted octanol–water partition coefficient (Wildman–Crippen LogP) is 1.88. The van der Waals surface area contributed by atoms with Crippen molar-refractivity contribution >= 4 is 17.7 Å². The van der Waals surface area contributed by atoms with Crippen LogP contribution >= 0.6 is 0 Å². The summed E-state index contributed by atoms with van der Waals surface area (Å²) < 4.78 is 0. The van der Waals surface area contributed by atoms with E-state index in [0.717, 1.165) is 38.6 Å². The van der Waals surface area contributed by atoms with Gasteiger partial charge in [0.25, 0.3) is 11.8 Å². The standard InChI is InChI=1S/C17H26N2O3/c1-12(2)9-10-18-17(22)14-5-3-13(4-6-14)11-19-15(20)7-8-16(19)21/h7-8,12-14H,3-6,9-11H2,1-2H3,(H,18,22). The summed E-state index contributed by atoms with van der Waals surface area (Å²) in [6.07, 6.45) is 7.17. The molecule has 2 rings (SSSR count). The Morgan fingerprint density at radius 2 is 1.77 bits per heavy atom. The van der Waals surface area contributed by atoms with Crippen molar-refractivity contribution in [3.05, 3.63) is 12.2 Å². The molecule has 122 valence electrons. The Hall–Kier alpha value is -1.65. The molecule has 0 radical (unpaired) electrons. The van der Waals surface area contributed by atoms with Gasteiger partial charge in [0.2, 0.25) is 5.91 Å². The van der Waals surface area contributed by atoms with Crippen LogP contribution in [0.2, 0.25) is 0 Å². The average Bonchev–Trinajstić information content (AvgIpc) is 2.79. The van der Waals surface area contributed by atoms with Crippen molar-refractivity contribution in [3.8, 4) is 0 Å². The number of amides is 3. The quantitative estimate of drug-likeness (QED) is 0.762. The number of nitrogens with one attached hydrogen (secondary N) is 1. The normalized spacial score (nSPS) is 25.1. The van der Waals surface area contributed by atoms with E-state index < -0.39 is 0 Å². The highest BCUT2D eigenvalue weighted by Crippen LogP contribution is 2.30. The van der Waals surface area contributed by atoms with Gasteiger partial charge in [0.1, 0.15) is 0 Å². The van der Waals surface area contributed by atoms with E-state index in [-0.39, 0.29) is 23.6 Å². The maximum absolute atomic E-state index is 12.1. The van der Waals surface area contributed by atoms with Crippen molar-refractivity contribution in [2.75, 3.05) is 13.1 Å². The molecule has 22 heavy (non-hydrogen) atoms. The zero-order valence-corrected chi connectivity index (χ0v) is 13.5. The first-order valence-electron chi connectivity index (χ1n) is 8.28. The van der Waals surface area contributed by atoms with Crippen LogP contribution in [0.5, 0.6) is 0 Å². The Labute approximate surface area is 132 Å². The van der Waals surface area contributed by atoms with Crippen molar-refractivity contribution in [2.45, 2.75) is 46.0 Å². The lowest BCUT2D eigenvalue weighted by atomic mass is 9.81. The molecule has 0 aromatic heterocycles. The molecule has 0 spiro atoms. The minimum absolute atomic E-state index is 0.0894. The number of hydrogen-bond acceptors (Lipinski definition) is 3. The third kappa shape index (κ3) is 4.42. The third-order valence-corrected chi connectivity index (χ3v) is 4.58. The predicted molar refractivity (Wildman–Crippen MR) is 83.8 cm³/mol. The van der Waals surface area contributed by atoms with Crippen LogP contribution in [-0.4, -0.2) is 35.7 Å². The van der Waals surface area contributed by atoms with Gasteiger partial charge in [-0.15, -0.1) is 0 Å². The lowest BCUT2D eigenvalue weighted by molar-refractivity contribution is -0.138. The molecule has 0 unspecified atom stereocenters. The Kier molecular flexibility index (Phi) is 5.75. The topological polar surface area (TPSA) is 66.5 Å². The molecule has 0 bridgehead atoms. The van der Waals surface area contributed by atoms with E-state index in [0.29, 0.717) is 18.4 Å². The van der Waals surface area contributed by atoms with Gasteiger partial charge in [0.05, 0.1) is 0 Å². The minimum atomic E-state index is -0.210. The minimum Gasteiger partial charge on any atom is -0.356 e. The van der Waals surface area contributed by atoms with Crippen LogP contribution in [0.1, 0.15) is 46.0 Å². The van der Waals surface area contributed by atoms with E-state index in [1.807, 2.05) is 0 Å². The SMILES string of the molecule is CC(C)CCNC(=O)C1CCC(CN2C(=O)C=CC2=O)CC1. The second-order valence-electron chi connectivity index (χ2n) is 6.81. The first-order chi connectivity index (χ1) is 10.5. The molecule has 1 aliphatic carbocycles. The molecular weight excluding hydrogens is 280 g/mol. The highest BCUT2D eigenvalue weighted by molar-refractivity contribution is 6.12. The van der Waals surface area contributed by atoms with Crippen LogP contribution in [0.25, 0.3) is 0 Å². The molecule has 0 saturated heterocycles. The van der Waals surface area contributed by atoms with Crippen LogP contribution in [0, 0.1) is 17.8 Å². The molecule has 0 atom stereocenters. The Morgan fingerprint density at radius 3 is 2.32 bits per heavy atom. The van der Waals surface area contributed by atoms with Gasteiger partial charge >= 0.3 is 0 Å². The highest BCUT2D eigenvalue weighted by Gasteiger charge is 2.31. The zero-order valence-electron chi connectivity index (χ0n) is 13.5. The first kappa shape index (κ1) is 16.7. The highest BCUT2D eigenvalue weighted by atomic mass is 16.2. The molecule has 1 aliphatic heterocycles. The van der Waals surface area contributed by atoms with Gasteiger partial charge in [-0.2, -0.15) is 0 Å². The fourth-order valence-corrected chi connectivity index (χ4v) is 3.10. The molecule has 1 heterocycles. The van der Waals surface area contributed by atoms with E-state index in [4.69, 9.17) is 0 Å². The molecule has 2 aliphatic rings. The third-order valence-electron chi connectivity index (χ3n) is 4.58. The Balaban J connectivity index is 1.70. The number of imide groups is 1. The molecule has 0 aromatic carbocycles. The number of carbonyl (C=O) groups is 3. The molecule has 1 saturated carbocycles. The number of nitrogens with zero attached hydrogens (tertiary/aromatic N) is 1. The van der Waals surface area contributed by atoms with Crippen LogP contribution in [0.4, 0.5) is 0 Å². The van der Waals surface area contributed by atoms with E-state index in [2.05, 4.69) is 19.2 Å². The van der Waals surface area contributed by atoms with E-state index in [1.165, 1.54) is 17.1 Å². The van der Waals surface area contributed by atoms with Crippen LogP contribution in [0.3, 0.4) is 0 Å². The van der Waals surface area contributed by atoms with Crippen molar-refractivity contribution in [1.29, 1.82) is 0 Å². The second kappa shape index (κ2) is 7.56. The summed E-state index contributed by atoms with van der Waals surface area (Å²) in [5.41, 5.74) is 0. The van der Waals surface area contributed by atoms with Gasteiger partial charge in [-0.05, 0) is 43.9 Å². The lowest BCUT2D eigenvalue weighted by Crippen LogP contribution is -2.38. The van der Waals surface area contributed by atoms with Crippen LogP contribution in [0.15, 0.2) is 12.2 Å². The molecule has 1 N–H and O–H groups in total. The molecular formula is C17H26N2O3. The van der Waals surface area contributed by atoms with Crippen molar-refractivity contribution in [3.63, 3.8) is 0 Å². The second-order valence-corrected chi connectivity index (χ2v) is 6.81. The van der Waals surface area contributed by atoms with Crippen LogP contribution in [-0.2, 0) is 14.4 Å². The Bertz CT molecular complexity index is 445. The van der Waals surface area contributed by atoms with Gasteiger partial charge in [0, 0.05) is 31.2 Å². The van der Waals surface area contributed by atoms with Gasteiger partial charge in [-0.1, -0.05) is 13.8 Å². The Morgan fingerprint density at radius 1 is 1.18 bits per heavy atom. The van der Waals surface area contributed by atoms with E-state index in [1.54, 1.807) is 0 Å². The van der Waals surface area contributed by atoms with Crippen LogP contribution < -0.4 is 5.32 Å². The van der Waals surface area contributed by atoms with Crippen molar-refractivity contribution in [2.24, 2.45) is 17.8 Å². The lowest BCUT2D eigenvalue weighted by Gasteiger charge is -2.30. The summed E-state index contributed by atoms with van der Waals surface area (Å²) in [5.74, 6) is 0.755. The molecule has 5 nitrogen and oxygen atoms in total. The number of hydrogen-bond donors (Lipinski definition) is 1. The maximum atomic E-state index is 12.1. The fraction of sp³-hybridized carbons (Fsp3) is 0.706. The largest absolute Gasteiger partial charge is 0.356 e. The van der Waals surface area contributed by atoms with Crippen molar-refractivity contribution in [1.82, 2.24) is 10.2 Å². The zero-order chi connectivity index (χ0) is 16.1. The summed E-state index contributed by atoms with van der Waals surface area (Å²) in [4.78, 5) is 36.5. The molecule has 3 amide bonds. The monoisotopic (exact) mass is 306 g/mol. The summed E-state index contributed by atoms with van der Waals surface area (Å²) >= 11 is 0. The van der Waals surface area contributed by atoms with E-state index >= 15 is 0 Å². The molecule has 0 aromatic rings. The smallest absolute Gasteiger partial charge is 0.253 e. The van der Waals surface area contributed by atoms with Gasteiger partial charge in [-0.3, -0.25) is 19.3 Å². The summed E-state index contributed by atoms with van der Waals surface area (Å²) in [6.45, 7) is 5.53. The maximum Gasteiger partial charge on any atom is 0.253 e. The van der Waals surface area contributed by atoms with Gasteiger partial charge in [-0.25, -0.2) is 0 Å².